The van der Waals surface area contributed by atoms with E-state index in [0.717, 1.165) is 19.6 Å². The van der Waals surface area contributed by atoms with Crippen molar-refractivity contribution in [2.75, 3.05) is 39.3 Å². The van der Waals surface area contributed by atoms with Crippen LogP contribution < -0.4 is 10.6 Å². The maximum absolute atomic E-state index is 3.50. The first kappa shape index (κ1) is 12.0. The Labute approximate surface area is 102 Å². The molecule has 0 radical (unpaired) electrons. The summed E-state index contributed by atoms with van der Waals surface area (Å²) in [5, 5.41) is 11.3. The van der Waals surface area contributed by atoms with Crippen molar-refractivity contribution in [1.82, 2.24) is 15.5 Å². The Morgan fingerprint density at radius 2 is 2.38 bits per heavy atom. The summed E-state index contributed by atoms with van der Waals surface area (Å²) < 4.78 is 0. The molecule has 4 heteroatoms. The van der Waals surface area contributed by atoms with Crippen LogP contribution in [0.3, 0.4) is 0 Å². The van der Waals surface area contributed by atoms with Crippen molar-refractivity contribution < 1.29 is 0 Å². The van der Waals surface area contributed by atoms with Gasteiger partial charge in [-0.15, -0.1) is 0 Å². The monoisotopic (exact) mass is 239 g/mol. The minimum Gasteiger partial charge on any atom is -0.315 e. The minimum atomic E-state index is 1.01. The quantitative estimate of drug-likeness (QED) is 0.754. The highest BCUT2D eigenvalue weighted by atomic mass is 32.1. The molecule has 1 saturated heterocycles. The highest BCUT2D eigenvalue weighted by Crippen LogP contribution is 2.04. The largest absolute Gasteiger partial charge is 0.315 e. The lowest BCUT2D eigenvalue weighted by atomic mass is 10.3. The van der Waals surface area contributed by atoms with Gasteiger partial charge in [-0.2, -0.15) is 11.3 Å². The maximum atomic E-state index is 3.50. The van der Waals surface area contributed by atoms with E-state index in [9.17, 15) is 0 Å². The lowest BCUT2D eigenvalue weighted by molar-refractivity contribution is 0.291. The van der Waals surface area contributed by atoms with Crippen LogP contribution in [0.2, 0.25) is 0 Å². The van der Waals surface area contributed by atoms with Crippen molar-refractivity contribution in [3.8, 4) is 0 Å². The van der Waals surface area contributed by atoms with Crippen molar-refractivity contribution in [1.29, 1.82) is 0 Å². The predicted molar refractivity (Wildman–Crippen MR) is 70.0 cm³/mol. The van der Waals surface area contributed by atoms with Crippen molar-refractivity contribution in [2.45, 2.75) is 13.0 Å². The number of rotatable bonds is 5. The molecule has 0 unspecified atom stereocenters. The van der Waals surface area contributed by atoms with Gasteiger partial charge in [0, 0.05) is 32.7 Å². The van der Waals surface area contributed by atoms with E-state index in [1.165, 1.54) is 38.2 Å². The fourth-order valence-corrected chi connectivity index (χ4v) is 2.66. The first-order valence-corrected chi connectivity index (χ1v) is 7.04. The summed E-state index contributed by atoms with van der Waals surface area (Å²) in [5.41, 5.74) is 1.41. The molecule has 16 heavy (non-hydrogen) atoms. The Bertz CT molecular complexity index is 266. The first-order valence-electron chi connectivity index (χ1n) is 6.10. The van der Waals surface area contributed by atoms with E-state index in [2.05, 4.69) is 32.4 Å². The molecule has 0 saturated carbocycles. The molecule has 90 valence electrons. The molecule has 0 spiro atoms. The van der Waals surface area contributed by atoms with Gasteiger partial charge in [0.05, 0.1) is 0 Å². The standard InChI is InChI=1S/C12H21N3S/c1-3-13-4-7-15(6-1)8-5-14-10-12-2-9-16-11-12/h2,9,11,13-14H,1,3-8,10H2. The van der Waals surface area contributed by atoms with Gasteiger partial charge in [0.1, 0.15) is 0 Å². The molecule has 1 aliphatic rings. The Morgan fingerprint density at radius 3 is 3.25 bits per heavy atom. The summed E-state index contributed by atoms with van der Waals surface area (Å²) in [5.74, 6) is 0. The third-order valence-electron chi connectivity index (χ3n) is 2.95. The number of nitrogens with one attached hydrogen (secondary N) is 2. The van der Waals surface area contributed by atoms with E-state index in [1.807, 2.05) is 0 Å². The van der Waals surface area contributed by atoms with E-state index in [1.54, 1.807) is 11.3 Å². The van der Waals surface area contributed by atoms with Crippen LogP contribution in [0.1, 0.15) is 12.0 Å². The number of thiophene rings is 1. The average molecular weight is 239 g/mol. The third kappa shape index (κ3) is 4.22. The van der Waals surface area contributed by atoms with Gasteiger partial charge < -0.3 is 15.5 Å². The molecule has 1 aromatic heterocycles. The molecule has 1 aliphatic heterocycles. The van der Waals surface area contributed by atoms with Gasteiger partial charge in [0.25, 0.3) is 0 Å². The van der Waals surface area contributed by atoms with Gasteiger partial charge in [-0.1, -0.05) is 0 Å². The zero-order valence-corrected chi connectivity index (χ0v) is 10.6. The fourth-order valence-electron chi connectivity index (χ4n) is 1.99. The molecule has 2 rings (SSSR count). The summed E-state index contributed by atoms with van der Waals surface area (Å²) in [7, 11) is 0. The van der Waals surface area contributed by atoms with Crippen LogP contribution >= 0.6 is 11.3 Å². The third-order valence-corrected chi connectivity index (χ3v) is 3.68. The molecule has 0 atom stereocenters. The molecule has 2 N–H and O–H groups in total. The second-order valence-electron chi connectivity index (χ2n) is 4.25. The van der Waals surface area contributed by atoms with Gasteiger partial charge in [0.15, 0.2) is 0 Å². The van der Waals surface area contributed by atoms with Crippen LogP contribution in [0.15, 0.2) is 16.8 Å². The van der Waals surface area contributed by atoms with Crippen molar-refractivity contribution in [2.24, 2.45) is 0 Å². The molecule has 1 fully saturated rings. The molecule has 0 bridgehead atoms. The first-order chi connectivity index (χ1) is 7.95. The molecule has 0 aromatic carbocycles. The highest BCUT2D eigenvalue weighted by Gasteiger charge is 2.07. The van der Waals surface area contributed by atoms with Crippen LogP contribution in [0.4, 0.5) is 0 Å². The summed E-state index contributed by atoms with van der Waals surface area (Å²) in [6, 6.07) is 2.19. The van der Waals surface area contributed by atoms with Crippen LogP contribution in [0, 0.1) is 0 Å². The van der Waals surface area contributed by atoms with Gasteiger partial charge in [0.2, 0.25) is 0 Å². The molecule has 2 heterocycles. The molecule has 3 nitrogen and oxygen atoms in total. The van der Waals surface area contributed by atoms with Gasteiger partial charge in [-0.3, -0.25) is 0 Å². The van der Waals surface area contributed by atoms with Gasteiger partial charge in [-0.25, -0.2) is 0 Å². The number of hydrogen-bond acceptors (Lipinski definition) is 4. The van der Waals surface area contributed by atoms with Gasteiger partial charge in [-0.05, 0) is 41.9 Å². The smallest absolute Gasteiger partial charge is 0.0214 e. The molecule has 0 aliphatic carbocycles. The lowest BCUT2D eigenvalue weighted by Gasteiger charge is -2.19. The Hall–Kier alpha value is -0.420. The van der Waals surface area contributed by atoms with Gasteiger partial charge >= 0.3 is 0 Å². The summed E-state index contributed by atoms with van der Waals surface area (Å²) in [6.07, 6.45) is 1.28. The lowest BCUT2D eigenvalue weighted by Crippen LogP contribution is -2.34. The van der Waals surface area contributed by atoms with E-state index in [4.69, 9.17) is 0 Å². The fraction of sp³-hybridized carbons (Fsp3) is 0.667. The van der Waals surface area contributed by atoms with E-state index < -0.39 is 0 Å². The summed E-state index contributed by atoms with van der Waals surface area (Å²) >= 11 is 1.77. The molecule has 0 amide bonds. The van der Waals surface area contributed by atoms with Crippen LogP contribution in [0.25, 0.3) is 0 Å². The molecular formula is C12H21N3S. The Balaban J connectivity index is 1.56. The second kappa shape index (κ2) is 7.01. The van der Waals surface area contributed by atoms with E-state index in [0.29, 0.717) is 0 Å². The molecular weight excluding hydrogens is 218 g/mol. The maximum Gasteiger partial charge on any atom is 0.0214 e. The van der Waals surface area contributed by atoms with Crippen LogP contribution in [-0.4, -0.2) is 44.2 Å². The van der Waals surface area contributed by atoms with Crippen LogP contribution in [0.5, 0.6) is 0 Å². The predicted octanol–water partition coefficient (Wildman–Crippen LogP) is 1.13. The van der Waals surface area contributed by atoms with E-state index in [-0.39, 0.29) is 0 Å². The second-order valence-corrected chi connectivity index (χ2v) is 5.03. The van der Waals surface area contributed by atoms with E-state index >= 15 is 0 Å². The molecule has 1 aromatic rings. The van der Waals surface area contributed by atoms with Crippen LogP contribution in [-0.2, 0) is 6.54 Å². The van der Waals surface area contributed by atoms with Crippen molar-refractivity contribution >= 4 is 11.3 Å². The zero-order chi connectivity index (χ0) is 11.1. The number of hydrogen-bond donors (Lipinski definition) is 2. The highest BCUT2D eigenvalue weighted by molar-refractivity contribution is 7.07. The number of nitrogens with zero attached hydrogens (tertiary/aromatic N) is 1. The Kier molecular flexibility index (Phi) is 5.28. The minimum absolute atomic E-state index is 1.01. The topological polar surface area (TPSA) is 27.3 Å². The van der Waals surface area contributed by atoms with Crippen molar-refractivity contribution in [3.05, 3.63) is 22.4 Å². The Morgan fingerprint density at radius 1 is 1.38 bits per heavy atom. The average Bonchev–Trinajstić information content (AvgIpc) is 2.68. The SMILES string of the molecule is c1cc(CNCCN2CCCNCC2)cs1. The summed E-state index contributed by atoms with van der Waals surface area (Å²) in [6.45, 7) is 8.04. The summed E-state index contributed by atoms with van der Waals surface area (Å²) in [4.78, 5) is 2.54. The van der Waals surface area contributed by atoms with Crippen molar-refractivity contribution in [3.63, 3.8) is 0 Å². The zero-order valence-electron chi connectivity index (χ0n) is 9.74. The normalized spacial score (nSPS) is 18.5.